The van der Waals surface area contributed by atoms with Gasteiger partial charge in [0.15, 0.2) is 0 Å². The van der Waals surface area contributed by atoms with Crippen LogP contribution in [0.2, 0.25) is 0 Å². The van der Waals surface area contributed by atoms with Gasteiger partial charge in [0.2, 0.25) is 11.8 Å². The zero-order valence-electron chi connectivity index (χ0n) is 15.2. The van der Waals surface area contributed by atoms with Crippen LogP contribution in [0, 0.1) is 5.92 Å². The molecule has 2 aliphatic rings. The van der Waals surface area contributed by atoms with Gasteiger partial charge >= 0.3 is 5.97 Å². The van der Waals surface area contributed by atoms with Crippen molar-refractivity contribution in [2.24, 2.45) is 5.92 Å². The number of hydrogen-bond donors (Lipinski definition) is 1. The highest BCUT2D eigenvalue weighted by Crippen LogP contribution is 2.28. The van der Waals surface area contributed by atoms with Gasteiger partial charge in [-0.25, -0.2) is 4.79 Å². The number of carbonyl (C=O) groups is 3. The summed E-state index contributed by atoms with van der Waals surface area (Å²) in [6, 6.07) is 6.92. The molecule has 26 heavy (non-hydrogen) atoms. The molecule has 1 N–H and O–H groups in total. The summed E-state index contributed by atoms with van der Waals surface area (Å²) < 4.78 is 4.70. The lowest BCUT2D eigenvalue weighted by atomic mass is 10.1. The normalized spacial score (nSPS) is 21.3. The number of hydrogen-bond acceptors (Lipinski definition) is 4. The maximum Gasteiger partial charge on any atom is 0.337 e. The average molecular weight is 358 g/mol. The minimum absolute atomic E-state index is 0.0837. The molecule has 1 saturated heterocycles. The molecule has 0 aromatic heterocycles. The van der Waals surface area contributed by atoms with E-state index in [0.29, 0.717) is 17.8 Å². The Morgan fingerprint density at radius 3 is 2.58 bits per heavy atom. The predicted molar refractivity (Wildman–Crippen MR) is 97.7 cm³/mol. The number of carbonyl (C=O) groups excluding carboxylic acids is 3. The van der Waals surface area contributed by atoms with Gasteiger partial charge in [0.1, 0.15) is 0 Å². The van der Waals surface area contributed by atoms with E-state index in [-0.39, 0.29) is 30.2 Å². The first-order chi connectivity index (χ1) is 12.6. The Morgan fingerprint density at radius 2 is 1.88 bits per heavy atom. The lowest BCUT2D eigenvalue weighted by Crippen LogP contribution is -2.37. The van der Waals surface area contributed by atoms with Gasteiger partial charge in [-0.2, -0.15) is 0 Å². The van der Waals surface area contributed by atoms with Gasteiger partial charge in [0.05, 0.1) is 18.6 Å². The molecular weight excluding hydrogens is 332 g/mol. The zero-order valence-corrected chi connectivity index (χ0v) is 15.2. The highest BCUT2D eigenvalue weighted by atomic mass is 16.5. The molecule has 1 aromatic carbocycles. The van der Waals surface area contributed by atoms with Crippen molar-refractivity contribution in [1.29, 1.82) is 0 Å². The van der Waals surface area contributed by atoms with E-state index in [0.717, 1.165) is 25.7 Å². The Labute approximate surface area is 153 Å². The molecule has 1 atom stereocenters. The third-order valence-electron chi connectivity index (χ3n) is 5.35. The monoisotopic (exact) mass is 358 g/mol. The molecule has 1 aromatic rings. The number of likely N-dealkylation sites (tertiary alicyclic amines) is 1. The zero-order chi connectivity index (χ0) is 18.5. The van der Waals surface area contributed by atoms with Gasteiger partial charge in [-0.1, -0.05) is 31.7 Å². The number of amides is 2. The molecule has 1 heterocycles. The molecule has 1 aliphatic carbocycles. The maximum atomic E-state index is 12.6. The van der Waals surface area contributed by atoms with E-state index in [1.807, 2.05) is 4.90 Å². The Balaban J connectivity index is 1.62. The van der Waals surface area contributed by atoms with Gasteiger partial charge in [0, 0.05) is 24.7 Å². The summed E-state index contributed by atoms with van der Waals surface area (Å²) in [5.74, 6) is -0.874. The van der Waals surface area contributed by atoms with Crippen LogP contribution in [0.1, 0.15) is 55.3 Å². The second-order valence-electron chi connectivity index (χ2n) is 7.15. The fourth-order valence-electron chi connectivity index (χ4n) is 3.92. The van der Waals surface area contributed by atoms with E-state index in [4.69, 9.17) is 4.74 Å². The number of benzene rings is 1. The minimum Gasteiger partial charge on any atom is -0.465 e. The summed E-state index contributed by atoms with van der Waals surface area (Å²) in [5.41, 5.74) is 0.922. The van der Waals surface area contributed by atoms with Crippen LogP contribution in [0.3, 0.4) is 0 Å². The summed E-state index contributed by atoms with van der Waals surface area (Å²) in [5, 5.41) is 2.83. The Hall–Kier alpha value is -2.37. The number of rotatable bonds is 4. The number of anilines is 1. The predicted octanol–water partition coefficient (Wildman–Crippen LogP) is 2.98. The highest BCUT2D eigenvalue weighted by Gasteiger charge is 2.37. The number of nitrogens with one attached hydrogen (secondary N) is 1. The second kappa shape index (κ2) is 8.34. The van der Waals surface area contributed by atoms with E-state index in [1.54, 1.807) is 24.3 Å². The van der Waals surface area contributed by atoms with Crippen molar-refractivity contribution in [3.8, 4) is 0 Å². The smallest absolute Gasteiger partial charge is 0.337 e. The third-order valence-corrected chi connectivity index (χ3v) is 5.35. The van der Waals surface area contributed by atoms with E-state index in [9.17, 15) is 14.4 Å². The van der Waals surface area contributed by atoms with Crippen LogP contribution in [-0.4, -0.2) is 42.4 Å². The number of methoxy groups -OCH3 is 1. The molecule has 6 heteroatoms. The van der Waals surface area contributed by atoms with Crippen molar-refractivity contribution in [3.05, 3.63) is 29.8 Å². The van der Waals surface area contributed by atoms with Crippen molar-refractivity contribution < 1.29 is 19.1 Å². The summed E-state index contributed by atoms with van der Waals surface area (Å²) in [6.07, 6.45) is 7.14. The van der Waals surface area contributed by atoms with E-state index >= 15 is 0 Å². The molecule has 0 bridgehead atoms. The molecule has 1 aliphatic heterocycles. The van der Waals surface area contributed by atoms with E-state index in [2.05, 4.69) is 5.32 Å². The molecular formula is C20H26N2O4. The van der Waals surface area contributed by atoms with Gasteiger partial charge in [-0.05, 0) is 31.0 Å². The molecule has 6 nitrogen and oxygen atoms in total. The first-order valence-corrected chi connectivity index (χ1v) is 9.37. The molecule has 140 valence electrons. The van der Waals surface area contributed by atoms with Crippen molar-refractivity contribution in [3.63, 3.8) is 0 Å². The molecule has 2 amide bonds. The van der Waals surface area contributed by atoms with Crippen LogP contribution >= 0.6 is 0 Å². The minimum atomic E-state index is -0.448. The topological polar surface area (TPSA) is 75.7 Å². The van der Waals surface area contributed by atoms with Crippen LogP contribution < -0.4 is 5.32 Å². The summed E-state index contributed by atoms with van der Waals surface area (Å²) in [4.78, 5) is 38.5. The third kappa shape index (κ3) is 4.23. The number of esters is 1. The summed E-state index contributed by atoms with van der Waals surface area (Å²) >= 11 is 0. The van der Waals surface area contributed by atoms with Gasteiger partial charge < -0.3 is 15.0 Å². The van der Waals surface area contributed by atoms with Crippen LogP contribution in [-0.2, 0) is 14.3 Å². The second-order valence-corrected chi connectivity index (χ2v) is 7.15. The van der Waals surface area contributed by atoms with Crippen molar-refractivity contribution in [1.82, 2.24) is 4.90 Å². The maximum absolute atomic E-state index is 12.6. The first-order valence-electron chi connectivity index (χ1n) is 9.37. The van der Waals surface area contributed by atoms with Gasteiger partial charge in [0.25, 0.3) is 0 Å². The van der Waals surface area contributed by atoms with Crippen LogP contribution in [0.5, 0.6) is 0 Å². The Bertz CT molecular complexity index is 680. The fraction of sp³-hybridized carbons (Fsp3) is 0.550. The van der Waals surface area contributed by atoms with Crippen molar-refractivity contribution >= 4 is 23.5 Å². The highest BCUT2D eigenvalue weighted by molar-refractivity contribution is 5.98. The summed E-state index contributed by atoms with van der Waals surface area (Å²) in [6.45, 7) is 0.492. The van der Waals surface area contributed by atoms with Gasteiger partial charge in [-0.15, -0.1) is 0 Å². The van der Waals surface area contributed by atoms with E-state index < -0.39 is 5.97 Å². The Kier molecular flexibility index (Phi) is 5.91. The Morgan fingerprint density at radius 1 is 1.15 bits per heavy atom. The van der Waals surface area contributed by atoms with Gasteiger partial charge in [-0.3, -0.25) is 9.59 Å². The largest absolute Gasteiger partial charge is 0.465 e. The van der Waals surface area contributed by atoms with Crippen molar-refractivity contribution in [2.45, 2.75) is 51.0 Å². The number of nitrogens with zero attached hydrogens (tertiary/aromatic N) is 1. The average Bonchev–Trinajstić information content (AvgIpc) is 2.85. The summed E-state index contributed by atoms with van der Waals surface area (Å²) in [7, 11) is 1.32. The SMILES string of the molecule is COC(=O)c1cccc(NC(=O)C2CC(=O)N(C3CCCCCC3)C2)c1. The lowest BCUT2D eigenvalue weighted by Gasteiger charge is -2.27. The molecule has 1 saturated carbocycles. The molecule has 1 unspecified atom stereocenters. The van der Waals surface area contributed by atoms with Crippen molar-refractivity contribution in [2.75, 3.05) is 19.0 Å². The lowest BCUT2D eigenvalue weighted by molar-refractivity contribution is -0.130. The molecule has 0 spiro atoms. The standard InChI is InChI=1S/C20H26N2O4/c1-26-20(25)14-7-6-8-16(11-14)21-19(24)15-12-18(23)22(13-15)17-9-4-2-3-5-10-17/h6-8,11,15,17H,2-5,9-10,12-13H2,1H3,(H,21,24). The number of ether oxygens (including phenoxy) is 1. The first kappa shape index (κ1) is 18.4. The van der Waals surface area contributed by atoms with Crippen LogP contribution in [0.25, 0.3) is 0 Å². The molecule has 2 fully saturated rings. The van der Waals surface area contributed by atoms with Crippen LogP contribution in [0.15, 0.2) is 24.3 Å². The molecule has 3 rings (SSSR count). The molecule has 0 radical (unpaired) electrons. The fourth-order valence-corrected chi connectivity index (χ4v) is 3.92. The van der Waals surface area contributed by atoms with E-state index in [1.165, 1.54) is 20.0 Å². The van der Waals surface area contributed by atoms with Crippen LogP contribution in [0.4, 0.5) is 5.69 Å². The quantitative estimate of drug-likeness (QED) is 0.663.